The third-order valence-electron chi connectivity index (χ3n) is 5.81. The van der Waals surface area contributed by atoms with E-state index in [0.717, 1.165) is 11.3 Å². The highest BCUT2D eigenvalue weighted by atomic mass is 35.5. The van der Waals surface area contributed by atoms with Crippen molar-refractivity contribution in [2.24, 2.45) is 0 Å². The van der Waals surface area contributed by atoms with Crippen LogP contribution in [-0.2, 0) is 9.59 Å². The van der Waals surface area contributed by atoms with Crippen molar-refractivity contribution >= 4 is 35.2 Å². The number of hydrogen-bond acceptors (Lipinski definition) is 6. The van der Waals surface area contributed by atoms with Gasteiger partial charge in [-0.05, 0) is 53.6 Å². The van der Waals surface area contributed by atoms with E-state index in [0.29, 0.717) is 47.0 Å². The summed E-state index contributed by atoms with van der Waals surface area (Å²) >= 11 is 6.18. The van der Waals surface area contributed by atoms with E-state index in [1.54, 1.807) is 30.5 Å². The molecule has 11 heteroatoms. The first kappa shape index (κ1) is 24.1. The summed E-state index contributed by atoms with van der Waals surface area (Å²) < 4.78 is 1.50. The second-order valence-corrected chi connectivity index (χ2v) is 8.81. The Balaban J connectivity index is 1.39. The summed E-state index contributed by atoms with van der Waals surface area (Å²) in [6.07, 6.45) is 11.6. The van der Waals surface area contributed by atoms with Crippen molar-refractivity contribution in [2.75, 3.05) is 5.32 Å². The highest BCUT2D eigenvalue weighted by molar-refractivity contribution is 6.30. The molecule has 37 heavy (non-hydrogen) atoms. The van der Waals surface area contributed by atoms with E-state index in [4.69, 9.17) is 11.6 Å². The van der Waals surface area contributed by atoms with Crippen LogP contribution in [0.5, 0.6) is 0 Å². The zero-order valence-electron chi connectivity index (χ0n) is 19.6. The Hall–Kier alpha value is -4.57. The molecule has 1 aliphatic heterocycles. The van der Waals surface area contributed by atoms with Gasteiger partial charge in [0.2, 0.25) is 11.8 Å². The van der Waals surface area contributed by atoms with Crippen molar-refractivity contribution in [3.63, 3.8) is 0 Å². The zero-order valence-corrected chi connectivity index (χ0v) is 20.4. The standard InChI is InChI=1S/C26H23ClN8O2/c27-18-11-12-23(35-16-29-33-34-35)17(14-18)10-13-25(37)31-21-8-2-1-3-9-24(36)30-20-7-5-4-6-19(20)22-15-28-26(21)32-22/h1-2,4-7,10-16,21H,3,8-9H2,(H,28,32)(H,30,36)(H,31,37)/b2-1-,13-10+/t21-/m0/s1. The molecule has 3 heterocycles. The number of allylic oxidation sites excluding steroid dienone is 1. The molecular weight excluding hydrogens is 492 g/mol. The van der Waals surface area contributed by atoms with Gasteiger partial charge in [0.05, 0.1) is 29.3 Å². The number of fused-ring (bicyclic) bond motifs is 4. The number of aromatic amines is 1. The van der Waals surface area contributed by atoms with Gasteiger partial charge in [-0.25, -0.2) is 4.98 Å². The molecule has 4 aromatic rings. The van der Waals surface area contributed by atoms with Crippen molar-refractivity contribution in [3.05, 3.63) is 89.6 Å². The number of amides is 2. The van der Waals surface area contributed by atoms with Crippen molar-refractivity contribution in [1.29, 1.82) is 0 Å². The molecule has 1 aliphatic rings. The van der Waals surface area contributed by atoms with Gasteiger partial charge in [-0.1, -0.05) is 42.0 Å². The number of anilines is 1. The van der Waals surface area contributed by atoms with Crippen LogP contribution in [0.3, 0.4) is 0 Å². The molecule has 2 bridgehead atoms. The van der Waals surface area contributed by atoms with Crippen molar-refractivity contribution in [1.82, 2.24) is 35.5 Å². The molecule has 186 valence electrons. The number of imidazole rings is 1. The molecule has 0 saturated heterocycles. The van der Waals surface area contributed by atoms with Gasteiger partial charge >= 0.3 is 0 Å². The number of carbonyl (C=O) groups excluding carboxylic acids is 2. The minimum Gasteiger partial charge on any atom is -0.342 e. The van der Waals surface area contributed by atoms with E-state index in [2.05, 4.69) is 36.1 Å². The van der Waals surface area contributed by atoms with E-state index in [1.807, 2.05) is 36.4 Å². The third kappa shape index (κ3) is 5.81. The number of nitrogens with one attached hydrogen (secondary N) is 3. The number of aromatic nitrogens is 6. The minimum atomic E-state index is -0.405. The average molecular weight is 515 g/mol. The molecule has 0 saturated carbocycles. The van der Waals surface area contributed by atoms with Gasteiger partial charge in [-0.2, -0.15) is 4.68 Å². The molecule has 2 amide bonds. The molecule has 1 atom stereocenters. The molecule has 0 spiro atoms. The monoisotopic (exact) mass is 514 g/mol. The number of tetrazole rings is 1. The molecule has 2 aromatic carbocycles. The van der Waals surface area contributed by atoms with Crippen LogP contribution >= 0.6 is 11.6 Å². The topological polar surface area (TPSA) is 130 Å². The Labute approximate surface area is 217 Å². The van der Waals surface area contributed by atoms with Gasteiger partial charge in [0.25, 0.3) is 0 Å². The van der Waals surface area contributed by atoms with E-state index in [1.165, 1.54) is 17.1 Å². The summed E-state index contributed by atoms with van der Waals surface area (Å²) in [4.78, 5) is 33.2. The molecule has 10 nitrogen and oxygen atoms in total. The summed E-state index contributed by atoms with van der Waals surface area (Å²) in [5.41, 5.74) is 3.63. The lowest BCUT2D eigenvalue weighted by Crippen LogP contribution is -2.27. The normalized spacial score (nSPS) is 16.7. The summed E-state index contributed by atoms with van der Waals surface area (Å²) in [5.74, 6) is 0.243. The number of hydrogen-bond donors (Lipinski definition) is 3. The summed E-state index contributed by atoms with van der Waals surface area (Å²) in [7, 11) is 0. The maximum Gasteiger partial charge on any atom is 0.244 e. The quantitative estimate of drug-likeness (QED) is 0.275. The fourth-order valence-electron chi connectivity index (χ4n) is 4.02. The van der Waals surface area contributed by atoms with Gasteiger partial charge in [-0.3, -0.25) is 9.59 Å². The fraction of sp³-hybridized carbons (Fsp3) is 0.154. The Morgan fingerprint density at radius 3 is 2.95 bits per heavy atom. The first-order valence-corrected chi connectivity index (χ1v) is 12.1. The van der Waals surface area contributed by atoms with Gasteiger partial charge in [0.15, 0.2) is 0 Å². The summed E-state index contributed by atoms with van der Waals surface area (Å²) in [6, 6.07) is 12.4. The van der Waals surface area contributed by atoms with Gasteiger partial charge in [-0.15, -0.1) is 5.10 Å². The number of nitrogens with zero attached hydrogens (tertiary/aromatic N) is 5. The molecule has 0 fully saturated rings. The lowest BCUT2D eigenvalue weighted by atomic mass is 10.1. The second-order valence-electron chi connectivity index (χ2n) is 8.37. The van der Waals surface area contributed by atoms with E-state index >= 15 is 0 Å². The highest BCUT2D eigenvalue weighted by Crippen LogP contribution is 2.28. The Morgan fingerprint density at radius 2 is 2.08 bits per heavy atom. The highest BCUT2D eigenvalue weighted by Gasteiger charge is 2.18. The van der Waals surface area contributed by atoms with Crippen molar-refractivity contribution in [3.8, 4) is 16.9 Å². The lowest BCUT2D eigenvalue weighted by molar-refractivity contribution is -0.117. The molecule has 2 aromatic heterocycles. The van der Waals surface area contributed by atoms with Crippen LogP contribution in [0.15, 0.2) is 73.2 Å². The predicted octanol–water partition coefficient (Wildman–Crippen LogP) is 4.26. The number of halogens is 1. The van der Waals surface area contributed by atoms with Crippen LogP contribution in [0.4, 0.5) is 5.69 Å². The number of rotatable bonds is 4. The third-order valence-corrected chi connectivity index (χ3v) is 6.04. The minimum absolute atomic E-state index is 0.0619. The lowest BCUT2D eigenvalue weighted by Gasteiger charge is -2.14. The van der Waals surface area contributed by atoms with E-state index in [9.17, 15) is 9.59 Å². The maximum absolute atomic E-state index is 13.0. The number of carbonyl (C=O) groups is 2. The first-order valence-electron chi connectivity index (χ1n) is 11.7. The van der Waals surface area contributed by atoms with Crippen LogP contribution < -0.4 is 10.6 Å². The van der Waals surface area contributed by atoms with Gasteiger partial charge in [0.1, 0.15) is 12.2 Å². The first-order chi connectivity index (χ1) is 18.1. The average Bonchev–Trinajstić information content (AvgIpc) is 3.60. The second kappa shape index (κ2) is 11.0. The summed E-state index contributed by atoms with van der Waals surface area (Å²) in [5, 5.41) is 17.8. The molecule has 0 unspecified atom stereocenters. The number of benzene rings is 2. The van der Waals surface area contributed by atoms with Crippen LogP contribution in [0, 0.1) is 0 Å². The maximum atomic E-state index is 13.0. The largest absolute Gasteiger partial charge is 0.342 e. The fourth-order valence-corrected chi connectivity index (χ4v) is 4.20. The van der Waals surface area contributed by atoms with Gasteiger partial charge in [0, 0.05) is 28.6 Å². The Kier molecular flexibility index (Phi) is 7.18. The number of H-pyrrole nitrogens is 1. The smallest absolute Gasteiger partial charge is 0.244 e. The number of para-hydroxylation sites is 1. The van der Waals surface area contributed by atoms with E-state index < -0.39 is 6.04 Å². The predicted molar refractivity (Wildman–Crippen MR) is 140 cm³/mol. The SMILES string of the molecule is O=C(/C=C/c1cc(Cl)ccc1-n1cnnn1)N[C@H]1C/C=C\CCC(=O)Nc2ccccc2-c2cnc1[nH]2. The molecule has 3 N–H and O–H groups in total. The van der Waals surface area contributed by atoms with E-state index in [-0.39, 0.29) is 11.8 Å². The molecule has 0 aliphatic carbocycles. The molecule has 0 radical (unpaired) electrons. The Bertz CT molecular complexity index is 1480. The van der Waals surface area contributed by atoms with Crippen LogP contribution in [-0.4, -0.2) is 42.0 Å². The summed E-state index contributed by atoms with van der Waals surface area (Å²) in [6.45, 7) is 0. The van der Waals surface area contributed by atoms with Crippen molar-refractivity contribution < 1.29 is 9.59 Å². The Morgan fingerprint density at radius 1 is 1.19 bits per heavy atom. The van der Waals surface area contributed by atoms with Crippen molar-refractivity contribution in [2.45, 2.75) is 25.3 Å². The van der Waals surface area contributed by atoms with Crippen LogP contribution in [0.1, 0.15) is 36.7 Å². The van der Waals surface area contributed by atoms with Gasteiger partial charge < -0.3 is 15.6 Å². The molecular formula is C26H23ClN8O2. The zero-order chi connectivity index (χ0) is 25.6. The molecule has 5 rings (SSSR count). The van der Waals surface area contributed by atoms with Crippen LogP contribution in [0.25, 0.3) is 23.0 Å². The van der Waals surface area contributed by atoms with Crippen LogP contribution in [0.2, 0.25) is 5.02 Å².